The first-order valence-corrected chi connectivity index (χ1v) is 13.8. The van der Waals surface area contributed by atoms with Gasteiger partial charge in [0.25, 0.3) is 10.1 Å². The molecule has 1 aliphatic heterocycles. The zero-order valence-corrected chi connectivity index (χ0v) is 21.3. The first-order valence-electron chi connectivity index (χ1n) is 12.4. The molecule has 0 aromatic heterocycles. The molecular weight excluding hydrogens is 525 g/mol. The van der Waals surface area contributed by atoms with Crippen molar-refractivity contribution in [3.8, 4) is 0 Å². The minimum atomic E-state index is -4.56. The number of nitrogens with zero attached hydrogens (tertiary/aromatic N) is 1. The number of hydrogen-bond donors (Lipinski definition) is 1. The predicted octanol–water partition coefficient (Wildman–Crippen LogP) is 4.50. The normalized spacial score (nSPS) is 22.2. The van der Waals surface area contributed by atoms with Crippen molar-refractivity contribution in [2.45, 2.75) is 61.9 Å². The van der Waals surface area contributed by atoms with Gasteiger partial charge in [0.15, 0.2) is 0 Å². The van der Waals surface area contributed by atoms with Gasteiger partial charge in [0.05, 0.1) is 16.6 Å². The van der Waals surface area contributed by atoms with Gasteiger partial charge < -0.3 is 15.0 Å². The van der Waals surface area contributed by atoms with Crippen LogP contribution in [0.2, 0.25) is 0 Å². The average Bonchev–Trinajstić information content (AvgIpc) is 3.36. The Labute approximate surface area is 219 Å². The minimum absolute atomic E-state index is 0.154. The third kappa shape index (κ3) is 7.25. The molecule has 4 rings (SSSR count). The standard InChI is InChI=1S/C26H29F3N2O6S/c27-26(28,29)20-8-12-23(13-9-20)38(34,35)37-22-10-6-19(7-11-22)24(32)30-21-14-15-31(16-21)25(33)36-17-18-4-2-1-3-5-18/h1-5,8-9,12-13,19,21-22H,6-7,10-11,14-17H2,(H,30,32)/t19-,21-,22+/m0/s1. The maximum Gasteiger partial charge on any atom is 0.416 e. The van der Waals surface area contributed by atoms with Crippen LogP contribution in [0.1, 0.15) is 43.2 Å². The lowest BCUT2D eigenvalue weighted by molar-refractivity contribution is -0.137. The molecule has 2 aliphatic rings. The van der Waals surface area contributed by atoms with Gasteiger partial charge in [0, 0.05) is 25.0 Å². The summed E-state index contributed by atoms with van der Waals surface area (Å²) in [7, 11) is -4.23. The summed E-state index contributed by atoms with van der Waals surface area (Å²) < 4.78 is 73.8. The number of amides is 2. The number of carbonyl (C=O) groups is 2. The van der Waals surface area contributed by atoms with Crippen LogP contribution in [0, 0.1) is 5.92 Å². The number of ether oxygens (including phenoxy) is 1. The van der Waals surface area contributed by atoms with Crippen LogP contribution in [-0.2, 0) is 36.6 Å². The van der Waals surface area contributed by atoms with Crippen LogP contribution in [0.3, 0.4) is 0 Å². The summed E-state index contributed by atoms with van der Waals surface area (Å²) in [6.45, 7) is 0.997. The van der Waals surface area contributed by atoms with Gasteiger partial charge in [-0.1, -0.05) is 30.3 Å². The number of likely N-dealkylation sites (tertiary alicyclic amines) is 1. The van der Waals surface area contributed by atoms with Gasteiger partial charge in [-0.25, -0.2) is 4.79 Å². The maximum atomic E-state index is 12.8. The second kappa shape index (κ2) is 11.7. The van der Waals surface area contributed by atoms with Gasteiger partial charge in [-0.05, 0) is 61.9 Å². The minimum Gasteiger partial charge on any atom is -0.445 e. The molecule has 2 fully saturated rings. The van der Waals surface area contributed by atoms with Crippen molar-refractivity contribution in [2.75, 3.05) is 13.1 Å². The fourth-order valence-corrected chi connectivity index (χ4v) is 5.77. The Morgan fingerprint density at radius 1 is 0.947 bits per heavy atom. The summed E-state index contributed by atoms with van der Waals surface area (Å²) >= 11 is 0. The molecule has 1 aliphatic carbocycles. The van der Waals surface area contributed by atoms with E-state index in [0.717, 1.165) is 17.7 Å². The van der Waals surface area contributed by atoms with Crippen molar-refractivity contribution >= 4 is 22.1 Å². The van der Waals surface area contributed by atoms with Crippen molar-refractivity contribution in [1.82, 2.24) is 10.2 Å². The Kier molecular flexibility index (Phi) is 8.61. The second-order valence-corrected chi connectivity index (χ2v) is 11.1. The van der Waals surface area contributed by atoms with Gasteiger partial charge in [-0.3, -0.25) is 8.98 Å². The molecule has 38 heavy (non-hydrogen) atoms. The quantitative estimate of drug-likeness (QED) is 0.506. The summed E-state index contributed by atoms with van der Waals surface area (Å²) in [6.07, 6.45) is -3.59. The molecule has 0 unspecified atom stereocenters. The molecule has 0 bridgehead atoms. The van der Waals surface area contributed by atoms with E-state index in [1.165, 1.54) is 0 Å². The van der Waals surface area contributed by atoms with Gasteiger partial charge in [0.2, 0.25) is 5.91 Å². The van der Waals surface area contributed by atoms with Crippen LogP contribution in [0.15, 0.2) is 59.5 Å². The SMILES string of the molecule is O=C(OCc1ccccc1)N1CC[C@H](NC(=O)[C@H]2CC[C@@H](OS(=O)(=O)c3ccc(C(F)(F)F)cc3)CC2)C1. The summed E-state index contributed by atoms with van der Waals surface area (Å²) in [5.41, 5.74) is -0.0610. The largest absolute Gasteiger partial charge is 0.445 e. The number of hydrogen-bond acceptors (Lipinski definition) is 6. The van der Waals surface area contributed by atoms with Gasteiger partial charge in [-0.2, -0.15) is 21.6 Å². The highest BCUT2D eigenvalue weighted by molar-refractivity contribution is 7.86. The molecule has 12 heteroatoms. The van der Waals surface area contributed by atoms with E-state index in [2.05, 4.69) is 5.32 Å². The average molecular weight is 555 g/mol. The molecule has 0 spiro atoms. The number of carbonyl (C=O) groups excluding carboxylic acids is 2. The number of alkyl halides is 3. The first kappa shape index (κ1) is 27.9. The Bertz CT molecular complexity index is 1210. The van der Waals surface area contributed by atoms with E-state index in [4.69, 9.17) is 8.92 Å². The molecule has 1 N–H and O–H groups in total. The molecule has 8 nitrogen and oxygen atoms in total. The van der Waals surface area contributed by atoms with Crippen LogP contribution < -0.4 is 5.32 Å². The lowest BCUT2D eigenvalue weighted by Crippen LogP contribution is -2.42. The van der Waals surface area contributed by atoms with Crippen molar-refractivity contribution in [1.29, 1.82) is 0 Å². The van der Waals surface area contributed by atoms with Crippen molar-refractivity contribution in [3.05, 3.63) is 65.7 Å². The zero-order chi connectivity index (χ0) is 27.3. The highest BCUT2D eigenvalue weighted by atomic mass is 32.2. The molecule has 1 saturated heterocycles. The fraction of sp³-hybridized carbons (Fsp3) is 0.462. The van der Waals surface area contributed by atoms with Crippen molar-refractivity contribution in [2.24, 2.45) is 5.92 Å². The molecule has 1 saturated carbocycles. The van der Waals surface area contributed by atoms with Gasteiger partial charge in [-0.15, -0.1) is 0 Å². The Morgan fingerprint density at radius 2 is 1.61 bits per heavy atom. The molecule has 1 atom stereocenters. The Morgan fingerprint density at radius 3 is 2.24 bits per heavy atom. The smallest absolute Gasteiger partial charge is 0.416 e. The van der Waals surface area contributed by atoms with Crippen LogP contribution in [0.5, 0.6) is 0 Å². The molecular formula is C26H29F3N2O6S. The second-order valence-electron chi connectivity index (χ2n) is 9.53. The maximum absolute atomic E-state index is 12.8. The predicted molar refractivity (Wildman–Crippen MR) is 130 cm³/mol. The third-order valence-electron chi connectivity index (χ3n) is 6.78. The summed E-state index contributed by atoms with van der Waals surface area (Å²) in [5, 5.41) is 2.97. The van der Waals surface area contributed by atoms with E-state index in [-0.39, 0.29) is 29.4 Å². The van der Waals surface area contributed by atoms with Crippen molar-refractivity contribution in [3.63, 3.8) is 0 Å². The topological polar surface area (TPSA) is 102 Å². The van der Waals surface area contributed by atoms with Crippen LogP contribution >= 0.6 is 0 Å². The molecule has 206 valence electrons. The molecule has 2 aromatic carbocycles. The third-order valence-corrected chi connectivity index (χ3v) is 8.15. The van der Waals surface area contributed by atoms with E-state index in [9.17, 15) is 31.2 Å². The highest BCUT2D eigenvalue weighted by Gasteiger charge is 2.34. The molecule has 2 aromatic rings. The highest BCUT2D eigenvalue weighted by Crippen LogP contribution is 2.32. The van der Waals surface area contributed by atoms with Gasteiger partial charge in [0.1, 0.15) is 6.61 Å². The van der Waals surface area contributed by atoms with E-state index in [1.54, 1.807) is 4.90 Å². The molecule has 1 heterocycles. The Hall–Kier alpha value is -3.12. The summed E-state index contributed by atoms with van der Waals surface area (Å²) in [5.74, 6) is -0.471. The van der Waals surface area contributed by atoms with E-state index >= 15 is 0 Å². The van der Waals surface area contributed by atoms with E-state index in [0.29, 0.717) is 57.3 Å². The number of halogens is 3. The van der Waals surface area contributed by atoms with E-state index < -0.39 is 34.1 Å². The van der Waals surface area contributed by atoms with E-state index in [1.807, 2.05) is 30.3 Å². The molecule has 0 radical (unpaired) electrons. The van der Waals surface area contributed by atoms with Gasteiger partial charge >= 0.3 is 12.3 Å². The fourth-order valence-electron chi connectivity index (χ4n) is 4.64. The number of rotatable bonds is 7. The lowest BCUT2D eigenvalue weighted by Gasteiger charge is -2.28. The first-order chi connectivity index (χ1) is 18.0. The number of benzene rings is 2. The monoisotopic (exact) mass is 554 g/mol. The van der Waals surface area contributed by atoms with Crippen LogP contribution in [0.25, 0.3) is 0 Å². The number of nitrogens with one attached hydrogen (secondary N) is 1. The molecule has 2 amide bonds. The lowest BCUT2D eigenvalue weighted by atomic mass is 9.87. The Balaban J connectivity index is 1.19. The summed E-state index contributed by atoms with van der Waals surface area (Å²) in [4.78, 5) is 26.3. The zero-order valence-electron chi connectivity index (χ0n) is 20.5. The van der Waals surface area contributed by atoms with Crippen LogP contribution in [-0.4, -0.2) is 50.6 Å². The summed E-state index contributed by atoms with van der Waals surface area (Å²) in [6, 6.07) is 12.3. The van der Waals surface area contributed by atoms with Crippen molar-refractivity contribution < 1.29 is 40.1 Å². The van der Waals surface area contributed by atoms with Crippen LogP contribution in [0.4, 0.5) is 18.0 Å².